The quantitative estimate of drug-likeness (QED) is 0.762. The van der Waals surface area contributed by atoms with Crippen molar-refractivity contribution < 1.29 is 0 Å². The number of thiazole rings is 1. The van der Waals surface area contributed by atoms with Gasteiger partial charge in [0.1, 0.15) is 0 Å². The van der Waals surface area contributed by atoms with E-state index in [1.165, 1.54) is 46.4 Å². The van der Waals surface area contributed by atoms with Crippen LogP contribution in [0.4, 0.5) is 0 Å². The summed E-state index contributed by atoms with van der Waals surface area (Å²) in [5.74, 6) is 0.611. The van der Waals surface area contributed by atoms with E-state index < -0.39 is 0 Å². The summed E-state index contributed by atoms with van der Waals surface area (Å²) >= 11 is 1.80. The molecule has 1 aromatic carbocycles. The van der Waals surface area contributed by atoms with Crippen LogP contribution in [0, 0.1) is 0 Å². The number of benzene rings is 1. The summed E-state index contributed by atoms with van der Waals surface area (Å²) in [4.78, 5) is 10.6. The molecule has 4 heteroatoms. The van der Waals surface area contributed by atoms with E-state index in [9.17, 15) is 0 Å². The fraction of sp³-hybridized carbons (Fsp3) is 0.421. The molecule has 23 heavy (non-hydrogen) atoms. The number of hydrogen-bond acceptors (Lipinski definition) is 3. The zero-order chi connectivity index (χ0) is 15.6. The van der Waals surface area contributed by atoms with Crippen LogP contribution in [-0.4, -0.2) is 28.0 Å². The van der Waals surface area contributed by atoms with E-state index in [1.54, 1.807) is 11.3 Å². The van der Waals surface area contributed by atoms with Gasteiger partial charge in [0, 0.05) is 47.7 Å². The Labute approximate surface area is 141 Å². The van der Waals surface area contributed by atoms with Crippen molar-refractivity contribution in [3.8, 4) is 0 Å². The highest BCUT2D eigenvalue weighted by atomic mass is 32.1. The molecule has 1 saturated heterocycles. The van der Waals surface area contributed by atoms with E-state index in [-0.39, 0.29) is 0 Å². The van der Waals surface area contributed by atoms with Crippen molar-refractivity contribution in [2.75, 3.05) is 13.1 Å². The first-order chi connectivity index (χ1) is 11.3. The van der Waals surface area contributed by atoms with Crippen LogP contribution in [0.15, 0.2) is 36.0 Å². The summed E-state index contributed by atoms with van der Waals surface area (Å²) in [5.41, 5.74) is 4.15. The summed E-state index contributed by atoms with van der Waals surface area (Å²) in [6, 6.07) is 6.66. The van der Waals surface area contributed by atoms with Crippen molar-refractivity contribution in [1.29, 1.82) is 0 Å². The van der Waals surface area contributed by atoms with Gasteiger partial charge in [0.25, 0.3) is 0 Å². The number of aryl methyl sites for hydroxylation is 1. The Morgan fingerprint density at radius 2 is 2.30 bits per heavy atom. The normalized spacial score (nSPS) is 19.4. The third-order valence-electron chi connectivity index (χ3n) is 4.97. The van der Waals surface area contributed by atoms with Gasteiger partial charge in [0.15, 0.2) is 0 Å². The maximum atomic E-state index is 4.53. The molecule has 1 fully saturated rings. The molecule has 0 aliphatic carbocycles. The van der Waals surface area contributed by atoms with Gasteiger partial charge in [0.2, 0.25) is 0 Å². The Bertz CT molecular complexity index is 775. The molecular weight excluding hydrogens is 302 g/mol. The Morgan fingerprint density at radius 3 is 3.13 bits per heavy atom. The van der Waals surface area contributed by atoms with Gasteiger partial charge in [-0.3, -0.25) is 4.90 Å². The van der Waals surface area contributed by atoms with E-state index in [4.69, 9.17) is 0 Å². The molecule has 3 nitrogen and oxygen atoms in total. The molecule has 0 amide bonds. The number of likely N-dealkylation sites (tertiary alicyclic amines) is 1. The lowest BCUT2D eigenvalue weighted by atomic mass is 9.98. The highest BCUT2D eigenvalue weighted by molar-refractivity contribution is 7.09. The molecule has 0 bridgehead atoms. The van der Waals surface area contributed by atoms with Crippen molar-refractivity contribution >= 4 is 22.2 Å². The van der Waals surface area contributed by atoms with Crippen LogP contribution in [-0.2, 0) is 13.0 Å². The lowest BCUT2D eigenvalue weighted by Gasteiger charge is -2.31. The van der Waals surface area contributed by atoms with Crippen molar-refractivity contribution in [2.24, 2.45) is 0 Å². The number of fused-ring (bicyclic) bond motifs is 1. The van der Waals surface area contributed by atoms with Crippen LogP contribution in [0.2, 0.25) is 0 Å². The Hall–Kier alpha value is -1.65. The minimum absolute atomic E-state index is 0.611. The largest absolute Gasteiger partial charge is 0.361 e. The molecule has 3 heterocycles. The summed E-state index contributed by atoms with van der Waals surface area (Å²) < 4.78 is 0. The molecule has 3 aromatic rings. The third kappa shape index (κ3) is 2.93. The van der Waals surface area contributed by atoms with Gasteiger partial charge < -0.3 is 4.98 Å². The summed E-state index contributed by atoms with van der Waals surface area (Å²) in [6.45, 7) is 5.59. The first kappa shape index (κ1) is 14.9. The van der Waals surface area contributed by atoms with Crippen LogP contribution >= 0.6 is 11.3 Å². The van der Waals surface area contributed by atoms with Gasteiger partial charge in [-0.1, -0.05) is 25.1 Å². The van der Waals surface area contributed by atoms with Crippen LogP contribution in [0.25, 0.3) is 10.9 Å². The highest BCUT2D eigenvalue weighted by Gasteiger charge is 2.23. The Kier molecular flexibility index (Phi) is 4.19. The zero-order valence-corrected chi connectivity index (χ0v) is 14.4. The second-order valence-electron chi connectivity index (χ2n) is 6.45. The predicted molar refractivity (Wildman–Crippen MR) is 97.0 cm³/mol. The van der Waals surface area contributed by atoms with E-state index in [1.807, 2.05) is 6.20 Å². The van der Waals surface area contributed by atoms with Crippen molar-refractivity contribution in [3.63, 3.8) is 0 Å². The standard InChI is InChI=1S/C19H23N3S/c1-2-14-5-3-7-17-16(11-21-18(14)17)13-22-9-4-6-15(12-22)19-20-8-10-23-19/h3,5,7-8,10-11,15,21H,2,4,6,9,12-13H2,1H3. The highest BCUT2D eigenvalue weighted by Crippen LogP contribution is 2.30. The van der Waals surface area contributed by atoms with E-state index >= 15 is 0 Å². The average Bonchev–Trinajstić information content (AvgIpc) is 3.25. The topological polar surface area (TPSA) is 31.9 Å². The van der Waals surface area contributed by atoms with Gasteiger partial charge in [0.05, 0.1) is 5.01 Å². The van der Waals surface area contributed by atoms with Crippen molar-refractivity contribution in [2.45, 2.75) is 38.6 Å². The van der Waals surface area contributed by atoms with Crippen LogP contribution in [0.1, 0.15) is 41.8 Å². The SMILES string of the molecule is CCc1cccc2c(CN3CCCC(c4nccs4)C3)c[nH]c12. The van der Waals surface area contributed by atoms with Gasteiger partial charge in [-0.2, -0.15) is 0 Å². The van der Waals surface area contributed by atoms with Crippen LogP contribution in [0.3, 0.4) is 0 Å². The van der Waals surface area contributed by atoms with Crippen LogP contribution < -0.4 is 0 Å². The average molecular weight is 325 g/mol. The monoisotopic (exact) mass is 325 g/mol. The van der Waals surface area contributed by atoms with Crippen molar-refractivity contribution in [3.05, 3.63) is 52.1 Å². The number of aromatic amines is 1. The number of piperidine rings is 1. The third-order valence-corrected chi connectivity index (χ3v) is 5.91. The van der Waals surface area contributed by atoms with Gasteiger partial charge >= 0.3 is 0 Å². The Morgan fingerprint density at radius 1 is 1.35 bits per heavy atom. The van der Waals surface area contributed by atoms with Crippen LogP contribution in [0.5, 0.6) is 0 Å². The second kappa shape index (κ2) is 6.46. The number of nitrogens with zero attached hydrogens (tertiary/aromatic N) is 2. The van der Waals surface area contributed by atoms with E-state index in [2.05, 4.69) is 51.6 Å². The number of H-pyrrole nitrogens is 1. The molecule has 1 atom stereocenters. The van der Waals surface area contributed by atoms with Gasteiger partial charge in [-0.15, -0.1) is 11.3 Å². The number of nitrogens with one attached hydrogen (secondary N) is 1. The number of para-hydroxylation sites is 1. The van der Waals surface area contributed by atoms with E-state index in [0.717, 1.165) is 19.5 Å². The maximum absolute atomic E-state index is 4.53. The first-order valence-electron chi connectivity index (χ1n) is 8.54. The summed E-state index contributed by atoms with van der Waals surface area (Å²) in [6.07, 6.45) is 7.76. The second-order valence-corrected chi connectivity index (χ2v) is 7.38. The smallest absolute Gasteiger partial charge is 0.0968 e. The predicted octanol–water partition coefficient (Wildman–Crippen LogP) is 4.57. The Balaban J connectivity index is 1.54. The molecule has 0 saturated carbocycles. The minimum Gasteiger partial charge on any atom is -0.361 e. The molecule has 120 valence electrons. The first-order valence-corrected chi connectivity index (χ1v) is 9.42. The van der Waals surface area contributed by atoms with Gasteiger partial charge in [-0.05, 0) is 36.9 Å². The summed E-state index contributed by atoms with van der Waals surface area (Å²) in [7, 11) is 0. The number of hydrogen-bond donors (Lipinski definition) is 1. The minimum atomic E-state index is 0.611. The molecule has 0 spiro atoms. The molecule has 1 unspecified atom stereocenters. The molecule has 1 N–H and O–H groups in total. The molecule has 1 aliphatic rings. The molecule has 1 aliphatic heterocycles. The number of aromatic nitrogens is 2. The fourth-order valence-electron chi connectivity index (χ4n) is 3.78. The zero-order valence-electron chi connectivity index (χ0n) is 13.6. The molecule has 4 rings (SSSR count). The lowest BCUT2D eigenvalue weighted by Crippen LogP contribution is -2.33. The number of rotatable bonds is 4. The fourth-order valence-corrected chi connectivity index (χ4v) is 4.55. The summed E-state index contributed by atoms with van der Waals surface area (Å²) in [5, 5.41) is 4.79. The molecule has 2 aromatic heterocycles. The maximum Gasteiger partial charge on any atom is 0.0968 e. The van der Waals surface area contributed by atoms with Gasteiger partial charge in [-0.25, -0.2) is 4.98 Å². The molecular formula is C19H23N3S. The molecule has 0 radical (unpaired) electrons. The van der Waals surface area contributed by atoms with E-state index in [0.29, 0.717) is 5.92 Å². The van der Waals surface area contributed by atoms with Crippen molar-refractivity contribution in [1.82, 2.24) is 14.9 Å². The lowest BCUT2D eigenvalue weighted by molar-refractivity contribution is 0.200.